The van der Waals surface area contributed by atoms with E-state index in [1.54, 1.807) is 20.8 Å². The van der Waals surface area contributed by atoms with Crippen LogP contribution in [0.3, 0.4) is 0 Å². The van der Waals surface area contributed by atoms with E-state index < -0.39 is 61.2 Å². The van der Waals surface area contributed by atoms with Crippen LogP contribution in [-0.2, 0) is 14.7 Å². The zero-order valence-corrected chi connectivity index (χ0v) is 15.8. The van der Waals surface area contributed by atoms with Gasteiger partial charge in [-0.25, -0.2) is 8.42 Å². The number of unbranched alkanes of at least 4 members (excludes halogenated alkanes) is 1. The summed E-state index contributed by atoms with van der Waals surface area (Å²) in [5, 5.41) is 3.01. The van der Waals surface area contributed by atoms with E-state index in [0.29, 0.717) is 12.8 Å². The fourth-order valence-corrected chi connectivity index (χ4v) is 3.27. The van der Waals surface area contributed by atoms with E-state index >= 15 is 0 Å². The van der Waals surface area contributed by atoms with Crippen molar-refractivity contribution < 1.29 is 40.3 Å². The number of ether oxygens (including phenoxy) is 2. The highest BCUT2D eigenvalue weighted by molar-refractivity contribution is 8.06. The van der Waals surface area contributed by atoms with Gasteiger partial charge in [-0.05, 0) is 20.3 Å². The molecular weight excluding hydrogens is 394 g/mol. The van der Waals surface area contributed by atoms with Crippen LogP contribution in [0.2, 0.25) is 0 Å². The lowest BCUT2D eigenvalue weighted by Gasteiger charge is -2.14. The molecule has 27 heavy (non-hydrogen) atoms. The van der Waals surface area contributed by atoms with Crippen molar-refractivity contribution in [3.63, 3.8) is 0 Å². The number of rotatable bonds is 7. The molecule has 152 valence electrons. The largest absolute Gasteiger partial charge is 0.487 e. The van der Waals surface area contributed by atoms with Gasteiger partial charge in [-0.3, -0.25) is 0 Å². The highest BCUT2D eigenvalue weighted by Crippen LogP contribution is 2.35. The summed E-state index contributed by atoms with van der Waals surface area (Å²) in [6.07, 6.45) is 0.966. The minimum atomic E-state index is -4.22. The van der Waals surface area contributed by atoms with Crippen LogP contribution in [0.4, 0.5) is 17.6 Å². The summed E-state index contributed by atoms with van der Waals surface area (Å²) in [5.74, 6) is -11.4. The molecule has 11 heteroatoms. The summed E-state index contributed by atoms with van der Waals surface area (Å²) in [6, 6.07) is 0. The maximum Gasteiger partial charge on any atom is 0.230 e. The molecule has 6 nitrogen and oxygen atoms in total. The third-order valence-corrected chi connectivity index (χ3v) is 4.98. The molecule has 0 saturated carbocycles. The van der Waals surface area contributed by atoms with Crippen molar-refractivity contribution in [2.24, 2.45) is 5.16 Å². The van der Waals surface area contributed by atoms with Crippen LogP contribution in [0.1, 0.15) is 40.0 Å². The first-order valence-electron chi connectivity index (χ1n) is 8.09. The van der Waals surface area contributed by atoms with Crippen LogP contribution in [0, 0.1) is 23.3 Å². The Hall–Kier alpha value is -2.04. The summed E-state index contributed by atoms with van der Waals surface area (Å²) in [7, 11) is -4.22. The van der Waals surface area contributed by atoms with Gasteiger partial charge in [0.25, 0.3) is 0 Å². The molecule has 0 fully saturated rings. The molecule has 0 spiro atoms. The Kier molecular flexibility index (Phi) is 6.23. The maximum absolute atomic E-state index is 14.1. The van der Waals surface area contributed by atoms with Crippen molar-refractivity contribution in [1.29, 1.82) is 0 Å². The zero-order valence-electron chi connectivity index (χ0n) is 14.9. The van der Waals surface area contributed by atoms with Crippen molar-refractivity contribution in [2.45, 2.75) is 45.6 Å². The van der Waals surface area contributed by atoms with Crippen LogP contribution in [0.25, 0.3) is 0 Å². The van der Waals surface area contributed by atoms with Gasteiger partial charge >= 0.3 is 0 Å². The summed E-state index contributed by atoms with van der Waals surface area (Å²) in [5.41, 5.74) is -0.866. The highest BCUT2D eigenvalue weighted by Gasteiger charge is 2.37. The first-order chi connectivity index (χ1) is 12.5. The number of benzene rings is 1. The second-order valence-electron chi connectivity index (χ2n) is 6.51. The number of sulfone groups is 1. The third-order valence-electron chi connectivity index (χ3n) is 3.62. The predicted octanol–water partition coefficient (Wildman–Crippen LogP) is 3.69. The standard InChI is InChI=1S/C16H19F4NO5S/c1-4-5-6-24-14-10(17)12(19)15(13(20)11(14)18)25-8-27(22,23)9-7-16(2,3)26-21-9/h4-8H2,1-3H3. The number of hydrogen-bond acceptors (Lipinski definition) is 6. The average Bonchev–Trinajstić information content (AvgIpc) is 2.97. The van der Waals surface area contributed by atoms with Gasteiger partial charge in [-0.15, -0.1) is 0 Å². The Labute approximate surface area is 154 Å². The molecule has 1 aliphatic rings. The van der Waals surface area contributed by atoms with Gasteiger partial charge in [0, 0.05) is 6.42 Å². The molecule has 0 unspecified atom stereocenters. The number of nitrogens with zero attached hydrogens (tertiary/aromatic N) is 1. The van der Waals surface area contributed by atoms with E-state index in [0.717, 1.165) is 0 Å². The third kappa shape index (κ3) is 4.63. The van der Waals surface area contributed by atoms with Crippen LogP contribution in [0.15, 0.2) is 5.16 Å². The predicted molar refractivity (Wildman–Crippen MR) is 88.3 cm³/mol. The zero-order chi connectivity index (χ0) is 20.4. The molecule has 1 aromatic rings. The lowest BCUT2D eigenvalue weighted by Crippen LogP contribution is -2.26. The van der Waals surface area contributed by atoms with E-state index in [1.807, 2.05) is 0 Å². The second-order valence-corrected chi connectivity index (χ2v) is 8.44. The molecule has 0 aliphatic carbocycles. The molecule has 2 rings (SSSR count). The van der Waals surface area contributed by atoms with Gasteiger partial charge in [-0.1, -0.05) is 18.5 Å². The Balaban J connectivity index is 2.22. The molecule has 1 aliphatic heterocycles. The van der Waals surface area contributed by atoms with Crippen LogP contribution < -0.4 is 9.47 Å². The number of halogens is 4. The lowest BCUT2D eigenvalue weighted by atomic mass is 10.1. The lowest BCUT2D eigenvalue weighted by molar-refractivity contribution is 0.0123. The summed E-state index contributed by atoms with van der Waals surface area (Å²) in [6.45, 7) is 4.81. The summed E-state index contributed by atoms with van der Waals surface area (Å²) < 4.78 is 89.6. The minimum Gasteiger partial charge on any atom is -0.487 e. The van der Waals surface area contributed by atoms with E-state index in [2.05, 4.69) is 9.89 Å². The van der Waals surface area contributed by atoms with E-state index in [9.17, 15) is 26.0 Å². The molecule has 1 aromatic carbocycles. The van der Waals surface area contributed by atoms with Crippen molar-refractivity contribution in [3.05, 3.63) is 23.3 Å². The summed E-state index contributed by atoms with van der Waals surface area (Å²) >= 11 is 0. The minimum absolute atomic E-state index is 0.0867. The smallest absolute Gasteiger partial charge is 0.230 e. The van der Waals surface area contributed by atoms with Crippen molar-refractivity contribution in [2.75, 3.05) is 12.5 Å². The normalized spacial score (nSPS) is 16.0. The van der Waals surface area contributed by atoms with Gasteiger partial charge in [0.1, 0.15) is 5.60 Å². The van der Waals surface area contributed by atoms with Crippen LogP contribution >= 0.6 is 0 Å². The van der Waals surface area contributed by atoms with Gasteiger partial charge < -0.3 is 14.3 Å². The van der Waals surface area contributed by atoms with Crippen LogP contribution in [-0.4, -0.2) is 31.6 Å². The number of oxime groups is 1. The molecule has 0 radical (unpaired) electrons. The Morgan fingerprint density at radius 3 is 2.00 bits per heavy atom. The highest BCUT2D eigenvalue weighted by atomic mass is 32.2. The maximum atomic E-state index is 14.1. The van der Waals surface area contributed by atoms with E-state index in [1.165, 1.54) is 0 Å². The van der Waals surface area contributed by atoms with Gasteiger partial charge in [0.2, 0.25) is 33.1 Å². The van der Waals surface area contributed by atoms with E-state index in [-0.39, 0.29) is 13.0 Å². The molecule has 0 saturated heterocycles. The van der Waals surface area contributed by atoms with Gasteiger partial charge in [-0.2, -0.15) is 17.6 Å². The van der Waals surface area contributed by atoms with Crippen molar-refractivity contribution in [3.8, 4) is 11.5 Å². The number of hydrogen-bond donors (Lipinski definition) is 0. The SMILES string of the molecule is CCCCOc1c(F)c(F)c(OCS(=O)(=O)C2=NOC(C)(C)C2)c(F)c1F. The molecule has 0 bridgehead atoms. The molecular formula is C16H19F4NO5S. The Morgan fingerprint density at radius 2 is 1.56 bits per heavy atom. The topological polar surface area (TPSA) is 74.2 Å². The van der Waals surface area contributed by atoms with Crippen LogP contribution in [0.5, 0.6) is 11.5 Å². The molecule has 0 amide bonds. The monoisotopic (exact) mass is 413 g/mol. The molecule has 0 atom stereocenters. The fraction of sp³-hybridized carbons (Fsp3) is 0.562. The Morgan fingerprint density at radius 1 is 1.04 bits per heavy atom. The molecule has 0 N–H and O–H groups in total. The van der Waals surface area contributed by atoms with Crippen molar-refractivity contribution >= 4 is 14.9 Å². The Bertz CT molecular complexity index is 826. The first-order valence-corrected chi connectivity index (χ1v) is 9.74. The quantitative estimate of drug-likeness (QED) is 0.387. The summed E-state index contributed by atoms with van der Waals surface area (Å²) in [4.78, 5) is 4.91. The van der Waals surface area contributed by atoms with Crippen molar-refractivity contribution in [1.82, 2.24) is 0 Å². The second kappa shape index (κ2) is 7.91. The molecule has 0 aromatic heterocycles. The first kappa shape index (κ1) is 21.3. The fourth-order valence-electron chi connectivity index (χ4n) is 2.14. The van der Waals surface area contributed by atoms with Gasteiger partial charge in [0.15, 0.2) is 22.5 Å². The molecule has 1 heterocycles. The van der Waals surface area contributed by atoms with Gasteiger partial charge in [0.05, 0.1) is 6.61 Å². The average molecular weight is 413 g/mol. The van der Waals surface area contributed by atoms with E-state index in [4.69, 9.17) is 9.57 Å².